The molecule has 0 saturated carbocycles. The van der Waals surface area contributed by atoms with E-state index < -0.39 is 0 Å². The van der Waals surface area contributed by atoms with Crippen molar-refractivity contribution in [3.8, 4) is 5.75 Å². The van der Waals surface area contributed by atoms with Crippen molar-refractivity contribution in [3.63, 3.8) is 0 Å². The van der Waals surface area contributed by atoms with Gasteiger partial charge in [0.1, 0.15) is 5.75 Å². The summed E-state index contributed by atoms with van der Waals surface area (Å²) >= 11 is 3.93. The average Bonchev–Trinajstić information content (AvgIpc) is 2.16. The van der Waals surface area contributed by atoms with Crippen LogP contribution in [0, 0.1) is 0 Å². The number of esters is 1. The second-order valence-electron chi connectivity index (χ2n) is 2.37. The summed E-state index contributed by atoms with van der Waals surface area (Å²) in [4.78, 5) is 11.1. The zero-order valence-electron chi connectivity index (χ0n) is 6.97. The lowest BCUT2D eigenvalue weighted by molar-refractivity contribution is -0.133. The van der Waals surface area contributed by atoms with E-state index in [0.29, 0.717) is 17.9 Å². The van der Waals surface area contributed by atoms with Crippen molar-refractivity contribution in [2.24, 2.45) is 0 Å². The number of para-hydroxylation sites is 1. The SMILES string of the molecule is O=C(CCSS)Oc1ccccc1. The third-order valence-corrected chi connectivity index (χ3v) is 2.31. The fourth-order valence-electron chi connectivity index (χ4n) is 0.800. The van der Waals surface area contributed by atoms with Gasteiger partial charge in [-0.2, -0.15) is 0 Å². The molecule has 0 aliphatic rings. The van der Waals surface area contributed by atoms with Gasteiger partial charge in [-0.25, -0.2) is 0 Å². The van der Waals surface area contributed by atoms with Crippen LogP contribution in [-0.4, -0.2) is 11.7 Å². The van der Waals surface area contributed by atoms with Crippen LogP contribution in [0.5, 0.6) is 5.75 Å². The zero-order valence-corrected chi connectivity index (χ0v) is 8.68. The van der Waals surface area contributed by atoms with Gasteiger partial charge in [0.25, 0.3) is 0 Å². The van der Waals surface area contributed by atoms with Gasteiger partial charge in [0.2, 0.25) is 0 Å². The smallest absolute Gasteiger partial charge is 0.312 e. The fourth-order valence-corrected chi connectivity index (χ4v) is 1.33. The topological polar surface area (TPSA) is 26.3 Å². The van der Waals surface area contributed by atoms with Gasteiger partial charge in [0.15, 0.2) is 0 Å². The molecule has 0 spiro atoms. The van der Waals surface area contributed by atoms with Crippen LogP contribution in [-0.2, 0) is 4.79 Å². The molecule has 2 nitrogen and oxygen atoms in total. The van der Waals surface area contributed by atoms with Crippen molar-refractivity contribution in [3.05, 3.63) is 30.3 Å². The van der Waals surface area contributed by atoms with Crippen LogP contribution in [0.1, 0.15) is 6.42 Å². The van der Waals surface area contributed by atoms with Crippen LogP contribution < -0.4 is 4.74 Å². The molecule has 70 valence electrons. The Morgan fingerprint density at radius 2 is 2.08 bits per heavy atom. The van der Waals surface area contributed by atoms with E-state index in [1.165, 1.54) is 10.8 Å². The Morgan fingerprint density at radius 3 is 2.69 bits per heavy atom. The molecule has 0 saturated heterocycles. The second kappa shape index (κ2) is 5.94. The molecular weight excluding hydrogens is 204 g/mol. The van der Waals surface area contributed by atoms with E-state index in [4.69, 9.17) is 4.74 Å². The minimum absolute atomic E-state index is 0.215. The van der Waals surface area contributed by atoms with Gasteiger partial charge >= 0.3 is 5.97 Å². The molecule has 0 aromatic heterocycles. The number of rotatable bonds is 4. The Morgan fingerprint density at radius 1 is 1.38 bits per heavy atom. The number of ether oxygens (including phenoxy) is 1. The summed E-state index contributed by atoms with van der Waals surface area (Å²) in [6.07, 6.45) is 0.392. The molecule has 0 fully saturated rings. The van der Waals surface area contributed by atoms with Gasteiger partial charge in [0, 0.05) is 5.75 Å². The summed E-state index contributed by atoms with van der Waals surface area (Å²) in [7, 11) is 1.33. The van der Waals surface area contributed by atoms with Crippen molar-refractivity contribution in [1.82, 2.24) is 0 Å². The molecule has 4 heteroatoms. The van der Waals surface area contributed by atoms with E-state index in [-0.39, 0.29) is 5.97 Å². The summed E-state index contributed by atoms with van der Waals surface area (Å²) in [5.74, 6) is 1.05. The first-order valence-electron chi connectivity index (χ1n) is 3.85. The van der Waals surface area contributed by atoms with Crippen molar-refractivity contribution in [2.75, 3.05) is 5.75 Å². The largest absolute Gasteiger partial charge is 0.427 e. The summed E-state index contributed by atoms with van der Waals surface area (Å²) < 4.78 is 5.03. The van der Waals surface area contributed by atoms with E-state index in [1.54, 1.807) is 12.1 Å². The Balaban J connectivity index is 2.37. The maximum Gasteiger partial charge on any atom is 0.312 e. The maximum atomic E-state index is 11.1. The Labute approximate surface area is 86.5 Å². The van der Waals surface area contributed by atoms with Gasteiger partial charge in [-0.15, -0.1) is 11.7 Å². The minimum Gasteiger partial charge on any atom is -0.427 e. The summed E-state index contributed by atoms with van der Waals surface area (Å²) in [6.45, 7) is 0. The Bertz CT molecular complexity index is 262. The van der Waals surface area contributed by atoms with Gasteiger partial charge in [0.05, 0.1) is 6.42 Å². The third kappa shape index (κ3) is 4.24. The van der Waals surface area contributed by atoms with E-state index in [1.807, 2.05) is 18.2 Å². The van der Waals surface area contributed by atoms with Crippen LogP contribution >= 0.6 is 22.5 Å². The number of carbonyl (C=O) groups excluding carboxylic acids is 1. The molecule has 1 rings (SSSR count). The van der Waals surface area contributed by atoms with E-state index in [9.17, 15) is 4.79 Å². The molecular formula is C9H10O2S2. The first-order chi connectivity index (χ1) is 6.33. The molecule has 0 aliphatic heterocycles. The summed E-state index contributed by atoms with van der Waals surface area (Å²) in [6, 6.07) is 9.05. The van der Waals surface area contributed by atoms with E-state index in [2.05, 4.69) is 11.7 Å². The Hall–Kier alpha value is -0.610. The molecule has 0 atom stereocenters. The monoisotopic (exact) mass is 214 g/mol. The average molecular weight is 214 g/mol. The van der Waals surface area contributed by atoms with Crippen LogP contribution in [0.15, 0.2) is 30.3 Å². The lowest BCUT2D eigenvalue weighted by atomic mass is 10.3. The second-order valence-corrected chi connectivity index (χ2v) is 3.81. The lowest BCUT2D eigenvalue weighted by Gasteiger charge is -2.01. The molecule has 1 aromatic rings. The highest BCUT2D eigenvalue weighted by Gasteiger charge is 2.02. The van der Waals surface area contributed by atoms with Gasteiger partial charge in [-0.3, -0.25) is 4.79 Å². The van der Waals surface area contributed by atoms with Gasteiger partial charge in [-0.05, 0) is 12.1 Å². The quantitative estimate of drug-likeness (QED) is 0.361. The normalized spacial score (nSPS) is 9.62. The highest BCUT2D eigenvalue weighted by molar-refractivity contribution is 8.68. The zero-order chi connectivity index (χ0) is 9.52. The van der Waals surface area contributed by atoms with Gasteiger partial charge < -0.3 is 4.74 Å². The summed E-state index contributed by atoms with van der Waals surface area (Å²) in [5.41, 5.74) is 0. The molecule has 0 amide bonds. The number of hydrogen-bond acceptors (Lipinski definition) is 4. The predicted molar refractivity (Wildman–Crippen MR) is 58.1 cm³/mol. The molecule has 0 N–H and O–H groups in total. The van der Waals surface area contributed by atoms with Gasteiger partial charge in [-0.1, -0.05) is 29.0 Å². The van der Waals surface area contributed by atoms with Crippen molar-refractivity contribution >= 4 is 28.4 Å². The first kappa shape index (κ1) is 10.5. The van der Waals surface area contributed by atoms with Crippen LogP contribution in [0.2, 0.25) is 0 Å². The molecule has 0 unspecified atom stereocenters. The first-order valence-corrected chi connectivity index (χ1v) is 5.89. The van der Waals surface area contributed by atoms with Crippen molar-refractivity contribution < 1.29 is 9.53 Å². The molecule has 0 aliphatic carbocycles. The molecule has 0 radical (unpaired) electrons. The molecule has 0 heterocycles. The predicted octanol–water partition coefficient (Wildman–Crippen LogP) is 2.56. The number of thiol groups is 1. The highest BCUT2D eigenvalue weighted by atomic mass is 33.1. The highest BCUT2D eigenvalue weighted by Crippen LogP contribution is 2.11. The Kier molecular flexibility index (Phi) is 4.78. The van der Waals surface area contributed by atoms with E-state index >= 15 is 0 Å². The summed E-state index contributed by atoms with van der Waals surface area (Å²) in [5, 5.41) is 0. The molecule has 13 heavy (non-hydrogen) atoms. The number of carbonyl (C=O) groups is 1. The van der Waals surface area contributed by atoms with Crippen LogP contribution in [0.4, 0.5) is 0 Å². The van der Waals surface area contributed by atoms with Crippen LogP contribution in [0.25, 0.3) is 0 Å². The number of benzene rings is 1. The molecule has 1 aromatic carbocycles. The minimum atomic E-state index is -0.215. The fraction of sp³-hybridized carbons (Fsp3) is 0.222. The van der Waals surface area contributed by atoms with Crippen molar-refractivity contribution in [1.29, 1.82) is 0 Å². The van der Waals surface area contributed by atoms with Crippen LogP contribution in [0.3, 0.4) is 0 Å². The van der Waals surface area contributed by atoms with E-state index in [0.717, 1.165) is 0 Å². The lowest BCUT2D eigenvalue weighted by Crippen LogP contribution is -2.08. The van der Waals surface area contributed by atoms with Crippen molar-refractivity contribution in [2.45, 2.75) is 6.42 Å². The standard InChI is InChI=1S/C9H10O2S2/c10-9(6-7-13-12)11-8-4-2-1-3-5-8/h1-5,12H,6-7H2. The third-order valence-electron chi connectivity index (χ3n) is 1.37. The number of hydrogen-bond donors (Lipinski definition) is 1. The molecule has 0 bridgehead atoms. The maximum absolute atomic E-state index is 11.1.